The van der Waals surface area contributed by atoms with Gasteiger partial charge in [0.05, 0.1) is 10.7 Å². The van der Waals surface area contributed by atoms with E-state index in [-0.39, 0.29) is 17.9 Å². The van der Waals surface area contributed by atoms with Gasteiger partial charge in [-0.25, -0.2) is 17.5 Å². The Morgan fingerprint density at radius 2 is 2.26 bits per heavy atom. The van der Waals surface area contributed by atoms with E-state index in [0.29, 0.717) is 10.9 Å². The van der Waals surface area contributed by atoms with Crippen LogP contribution in [0.4, 0.5) is 4.39 Å². The van der Waals surface area contributed by atoms with E-state index in [1.165, 1.54) is 6.07 Å². The molecular formula is C12H16BrFN2O2S. The zero-order chi connectivity index (χ0) is 14.0. The lowest BCUT2D eigenvalue weighted by Gasteiger charge is -2.20. The molecule has 1 heterocycles. The molecule has 2 atom stereocenters. The monoisotopic (exact) mass is 350 g/mol. The van der Waals surface area contributed by atoms with Crippen molar-refractivity contribution in [3.8, 4) is 0 Å². The first-order valence-electron chi connectivity index (χ1n) is 6.00. The van der Waals surface area contributed by atoms with Crippen LogP contribution in [0.1, 0.15) is 12.0 Å². The molecule has 1 aromatic rings. The average molecular weight is 351 g/mol. The van der Waals surface area contributed by atoms with Crippen LogP contribution in [0.15, 0.2) is 22.7 Å². The first kappa shape index (κ1) is 14.9. The smallest absolute Gasteiger partial charge is 0.209 e. The summed E-state index contributed by atoms with van der Waals surface area (Å²) >= 11 is 3.15. The Morgan fingerprint density at radius 3 is 2.89 bits per heavy atom. The topological polar surface area (TPSA) is 58.2 Å². The predicted octanol–water partition coefficient (Wildman–Crippen LogP) is 1.41. The van der Waals surface area contributed by atoms with Crippen molar-refractivity contribution in [3.05, 3.63) is 34.1 Å². The van der Waals surface area contributed by atoms with Crippen molar-refractivity contribution in [2.24, 2.45) is 0 Å². The molecule has 0 radical (unpaired) electrons. The van der Waals surface area contributed by atoms with Crippen LogP contribution < -0.4 is 10.0 Å². The fourth-order valence-electron chi connectivity index (χ4n) is 2.32. The summed E-state index contributed by atoms with van der Waals surface area (Å²) in [5.74, 6) is -0.297. The lowest BCUT2D eigenvalue weighted by Crippen LogP contribution is -2.44. The van der Waals surface area contributed by atoms with Gasteiger partial charge in [0.1, 0.15) is 5.82 Å². The summed E-state index contributed by atoms with van der Waals surface area (Å²) in [6, 6.07) is 4.78. The van der Waals surface area contributed by atoms with Gasteiger partial charge >= 0.3 is 0 Å². The molecule has 1 aliphatic heterocycles. The summed E-state index contributed by atoms with van der Waals surface area (Å²) in [5, 5.41) is 3.28. The predicted molar refractivity (Wildman–Crippen MR) is 76.0 cm³/mol. The number of sulfonamides is 1. The van der Waals surface area contributed by atoms with Gasteiger partial charge in [-0.1, -0.05) is 6.07 Å². The molecule has 0 aromatic heterocycles. The lowest BCUT2D eigenvalue weighted by molar-refractivity contribution is 0.493. The van der Waals surface area contributed by atoms with E-state index in [1.807, 2.05) is 0 Å². The van der Waals surface area contributed by atoms with Crippen LogP contribution in [0.3, 0.4) is 0 Å². The van der Waals surface area contributed by atoms with E-state index in [9.17, 15) is 12.8 Å². The summed E-state index contributed by atoms with van der Waals surface area (Å²) in [5.41, 5.74) is 0.966. The third-order valence-corrected chi connectivity index (χ3v) is 4.49. The van der Waals surface area contributed by atoms with Crippen LogP contribution in [0.25, 0.3) is 0 Å². The van der Waals surface area contributed by atoms with Crippen LogP contribution in [0, 0.1) is 5.82 Å². The summed E-state index contributed by atoms with van der Waals surface area (Å²) in [7, 11) is -3.21. The molecule has 1 fully saturated rings. The zero-order valence-electron chi connectivity index (χ0n) is 10.5. The Kier molecular flexibility index (Phi) is 4.60. The Labute approximate surface area is 121 Å². The van der Waals surface area contributed by atoms with E-state index in [4.69, 9.17) is 0 Å². The summed E-state index contributed by atoms with van der Waals surface area (Å²) < 4.78 is 38.8. The molecule has 1 aliphatic rings. The number of hydrogen-bond donors (Lipinski definition) is 2. The first-order valence-corrected chi connectivity index (χ1v) is 8.68. The number of hydrogen-bond acceptors (Lipinski definition) is 3. The molecule has 0 aliphatic carbocycles. The second-order valence-electron chi connectivity index (χ2n) is 4.80. The molecule has 106 valence electrons. The van der Waals surface area contributed by atoms with Crippen molar-refractivity contribution in [1.82, 2.24) is 10.0 Å². The number of benzene rings is 1. The molecule has 0 unspecified atom stereocenters. The van der Waals surface area contributed by atoms with E-state index in [1.54, 1.807) is 12.1 Å². The van der Waals surface area contributed by atoms with Crippen LogP contribution in [-0.2, 0) is 16.4 Å². The lowest BCUT2D eigenvalue weighted by atomic mass is 10.0. The summed E-state index contributed by atoms with van der Waals surface area (Å²) in [4.78, 5) is 0. The van der Waals surface area contributed by atoms with Gasteiger partial charge in [-0.3, -0.25) is 0 Å². The molecule has 0 saturated carbocycles. The fraction of sp³-hybridized carbons (Fsp3) is 0.500. The SMILES string of the molecule is CS(=O)(=O)N[C@H]1CCN[C@H]1Cc1ccc(F)c(Br)c1. The maximum atomic E-state index is 13.2. The molecule has 0 bridgehead atoms. The van der Waals surface area contributed by atoms with Crippen molar-refractivity contribution >= 4 is 26.0 Å². The number of halogens is 2. The van der Waals surface area contributed by atoms with E-state index < -0.39 is 10.0 Å². The van der Waals surface area contributed by atoms with E-state index >= 15 is 0 Å². The van der Waals surface area contributed by atoms with Gasteiger partial charge < -0.3 is 5.32 Å². The Morgan fingerprint density at radius 1 is 1.53 bits per heavy atom. The Bertz CT molecular complexity index is 565. The van der Waals surface area contributed by atoms with Gasteiger partial charge in [0.15, 0.2) is 0 Å². The van der Waals surface area contributed by atoms with Crippen molar-refractivity contribution < 1.29 is 12.8 Å². The van der Waals surface area contributed by atoms with Crippen LogP contribution in [0.2, 0.25) is 0 Å². The fourth-order valence-corrected chi connectivity index (χ4v) is 3.58. The number of rotatable bonds is 4. The molecule has 0 spiro atoms. The molecule has 2 N–H and O–H groups in total. The van der Waals surface area contributed by atoms with Crippen LogP contribution in [-0.4, -0.2) is 33.3 Å². The molecule has 1 aromatic carbocycles. The molecule has 19 heavy (non-hydrogen) atoms. The normalized spacial score (nSPS) is 23.7. The molecule has 2 rings (SSSR count). The van der Waals surface area contributed by atoms with Crippen LogP contribution in [0.5, 0.6) is 0 Å². The molecule has 1 saturated heterocycles. The highest BCUT2D eigenvalue weighted by atomic mass is 79.9. The quantitative estimate of drug-likeness (QED) is 0.863. The maximum absolute atomic E-state index is 13.2. The van der Waals surface area contributed by atoms with E-state index in [0.717, 1.165) is 24.8 Å². The molecule has 7 heteroatoms. The van der Waals surface area contributed by atoms with Gasteiger partial charge in [-0.2, -0.15) is 0 Å². The Hall–Kier alpha value is -0.500. The number of nitrogens with one attached hydrogen (secondary N) is 2. The van der Waals surface area contributed by atoms with Crippen molar-refractivity contribution in [3.63, 3.8) is 0 Å². The highest BCUT2D eigenvalue weighted by Gasteiger charge is 2.29. The highest BCUT2D eigenvalue weighted by molar-refractivity contribution is 9.10. The third-order valence-electron chi connectivity index (χ3n) is 3.15. The second kappa shape index (κ2) is 5.87. The largest absolute Gasteiger partial charge is 0.312 e. The molecular weight excluding hydrogens is 335 g/mol. The molecule has 0 amide bonds. The van der Waals surface area contributed by atoms with Gasteiger partial charge in [-0.05, 0) is 53.0 Å². The van der Waals surface area contributed by atoms with Crippen LogP contribution >= 0.6 is 15.9 Å². The summed E-state index contributed by atoms with van der Waals surface area (Å²) in [6.45, 7) is 0.778. The maximum Gasteiger partial charge on any atom is 0.209 e. The highest BCUT2D eigenvalue weighted by Crippen LogP contribution is 2.20. The first-order chi connectivity index (χ1) is 8.85. The van der Waals surface area contributed by atoms with E-state index in [2.05, 4.69) is 26.0 Å². The zero-order valence-corrected chi connectivity index (χ0v) is 12.9. The summed E-state index contributed by atoms with van der Waals surface area (Å²) in [6.07, 6.45) is 2.59. The average Bonchev–Trinajstić information content (AvgIpc) is 2.69. The van der Waals surface area contributed by atoms with Gasteiger partial charge in [0.25, 0.3) is 0 Å². The minimum atomic E-state index is -3.21. The molecule has 4 nitrogen and oxygen atoms in total. The third kappa shape index (κ3) is 4.24. The van der Waals surface area contributed by atoms with Gasteiger partial charge in [0.2, 0.25) is 10.0 Å². The van der Waals surface area contributed by atoms with Gasteiger partial charge in [-0.15, -0.1) is 0 Å². The minimum absolute atomic E-state index is 0.0343. The van der Waals surface area contributed by atoms with Gasteiger partial charge in [0, 0.05) is 12.1 Å². The minimum Gasteiger partial charge on any atom is -0.312 e. The standard InChI is InChI=1S/C12H16BrFN2O2S/c1-19(17,18)16-11-4-5-15-12(11)7-8-2-3-10(14)9(13)6-8/h2-3,6,11-12,15-16H,4-5,7H2,1H3/t11-,12-/m0/s1. The van der Waals surface area contributed by atoms with Crippen molar-refractivity contribution in [1.29, 1.82) is 0 Å². The Balaban J connectivity index is 2.07. The van der Waals surface area contributed by atoms with Crippen molar-refractivity contribution in [2.75, 3.05) is 12.8 Å². The second-order valence-corrected chi connectivity index (χ2v) is 7.43. The van der Waals surface area contributed by atoms with Crippen molar-refractivity contribution in [2.45, 2.75) is 24.9 Å².